The largest absolute Gasteiger partial charge is 0.478 e. The van der Waals surface area contributed by atoms with Gasteiger partial charge < -0.3 is 85.9 Å². The molecule has 232 valence electrons. The standard InChI is InChI=1S/3C3H6N6.H4O7P2.H3O4P/c3*4-1-7-2(5)9-3(6)8-1;1-8(2,3)7-9(4,5)6;1-5(2,3)4/h3*(H6,4,5,6,7,8,9);(H2,1,2,3)(H2,4,5,6);(H3,1,2,3,4). The van der Waals surface area contributed by atoms with Gasteiger partial charge in [0.1, 0.15) is 0 Å². The van der Waals surface area contributed by atoms with Crippen LogP contribution in [0.4, 0.5) is 53.5 Å². The lowest BCUT2D eigenvalue weighted by molar-refractivity contribution is 0.225. The second-order valence-corrected chi connectivity index (χ2v) is 9.45. The molecule has 29 nitrogen and oxygen atoms in total. The molecule has 0 bridgehead atoms. The summed E-state index contributed by atoms with van der Waals surface area (Å²) in [5.41, 5.74) is 46.2. The topological polar surface area (TPSA) is 552 Å². The van der Waals surface area contributed by atoms with Crippen LogP contribution in [0.3, 0.4) is 0 Å². The molecule has 0 aliphatic carbocycles. The Balaban J connectivity index is 0. The molecule has 0 amide bonds. The Labute approximate surface area is 226 Å². The zero-order chi connectivity index (χ0) is 32.8. The molecule has 32 heteroatoms. The Morgan fingerprint density at radius 3 is 0.512 bits per heavy atom. The number of nitrogens with two attached hydrogens (primary N) is 9. The van der Waals surface area contributed by atoms with E-state index in [1.165, 1.54) is 0 Å². The second-order valence-electron chi connectivity index (χ2n) is 5.81. The van der Waals surface area contributed by atoms with E-state index in [1.54, 1.807) is 0 Å². The van der Waals surface area contributed by atoms with Gasteiger partial charge in [0.25, 0.3) is 0 Å². The van der Waals surface area contributed by atoms with E-state index in [0.29, 0.717) is 0 Å². The average molecular weight is 654 g/mol. The highest BCUT2D eigenvalue weighted by molar-refractivity contribution is 7.60. The van der Waals surface area contributed by atoms with Crippen molar-refractivity contribution in [3.05, 3.63) is 0 Å². The first-order chi connectivity index (χ1) is 18.3. The van der Waals surface area contributed by atoms with Gasteiger partial charge in [-0.3, -0.25) is 0 Å². The summed E-state index contributed by atoms with van der Waals surface area (Å²) in [5.74, 6) is 0.375. The SMILES string of the molecule is Nc1nc(N)nc(N)n1.Nc1nc(N)nc(N)n1.Nc1nc(N)nc(N)n1.O=P(O)(O)O.O=P(O)(O)OP(=O)(O)O. The molecule has 41 heavy (non-hydrogen) atoms. The van der Waals surface area contributed by atoms with E-state index in [0.717, 1.165) is 0 Å². The number of hydrogen-bond donors (Lipinski definition) is 16. The second kappa shape index (κ2) is 16.6. The fraction of sp³-hybridized carbons (Fsp3) is 0. The van der Waals surface area contributed by atoms with Crippen LogP contribution in [-0.2, 0) is 18.0 Å². The van der Waals surface area contributed by atoms with Crippen LogP contribution >= 0.6 is 23.5 Å². The molecular formula is C9H25N18O11P3. The fourth-order valence-electron chi connectivity index (χ4n) is 1.42. The molecule has 3 aromatic rings. The molecular weight excluding hydrogens is 629 g/mol. The number of aromatic nitrogens is 9. The molecule has 0 atom stereocenters. The molecule has 0 saturated carbocycles. The molecule has 3 aromatic heterocycles. The molecule has 0 spiro atoms. The van der Waals surface area contributed by atoms with Crippen molar-refractivity contribution in [3.63, 3.8) is 0 Å². The monoisotopic (exact) mass is 654 g/mol. The van der Waals surface area contributed by atoms with E-state index in [2.05, 4.69) is 49.2 Å². The van der Waals surface area contributed by atoms with Crippen LogP contribution < -0.4 is 51.6 Å². The number of anilines is 9. The highest BCUT2D eigenvalue weighted by Gasteiger charge is 2.27. The van der Waals surface area contributed by atoms with Crippen LogP contribution in [0, 0.1) is 0 Å². The van der Waals surface area contributed by atoms with Crippen molar-refractivity contribution in [1.82, 2.24) is 44.9 Å². The minimum absolute atomic E-state index is 0.0417. The zero-order valence-corrected chi connectivity index (χ0v) is 22.5. The first-order valence-corrected chi connectivity index (χ1v) is 13.6. The van der Waals surface area contributed by atoms with Crippen molar-refractivity contribution in [3.8, 4) is 0 Å². The van der Waals surface area contributed by atoms with Gasteiger partial charge in [0.05, 0.1) is 0 Å². The molecule has 0 radical (unpaired) electrons. The van der Waals surface area contributed by atoms with Gasteiger partial charge in [-0.15, -0.1) is 0 Å². The van der Waals surface area contributed by atoms with Gasteiger partial charge in [-0.1, -0.05) is 0 Å². The molecule has 0 aliphatic heterocycles. The molecule has 0 aliphatic rings. The molecule has 0 unspecified atom stereocenters. The Bertz CT molecular complexity index is 1100. The van der Waals surface area contributed by atoms with Crippen molar-refractivity contribution in [1.29, 1.82) is 0 Å². The Morgan fingerprint density at radius 1 is 0.366 bits per heavy atom. The van der Waals surface area contributed by atoms with E-state index in [-0.39, 0.29) is 53.5 Å². The lowest BCUT2D eigenvalue weighted by atomic mass is 10.9. The lowest BCUT2D eigenvalue weighted by Crippen LogP contribution is -2.05. The third kappa shape index (κ3) is 28.4. The smallest absolute Gasteiger partial charge is 0.368 e. The van der Waals surface area contributed by atoms with E-state index >= 15 is 0 Å². The number of rotatable bonds is 2. The summed E-state index contributed by atoms with van der Waals surface area (Å²) >= 11 is 0. The van der Waals surface area contributed by atoms with E-state index in [4.69, 9.17) is 90.4 Å². The van der Waals surface area contributed by atoms with E-state index in [9.17, 15) is 9.13 Å². The van der Waals surface area contributed by atoms with Crippen molar-refractivity contribution in [2.24, 2.45) is 0 Å². The number of nitrogens with zero attached hydrogens (tertiary/aromatic N) is 9. The van der Waals surface area contributed by atoms with Crippen molar-refractivity contribution >= 4 is 77.0 Å². The predicted octanol–water partition coefficient (Wildman–Crippen LogP) is -5.89. The maximum atomic E-state index is 9.63. The molecule has 0 saturated heterocycles. The summed E-state index contributed by atoms with van der Waals surface area (Å²) in [6, 6.07) is 0. The van der Waals surface area contributed by atoms with Crippen LogP contribution in [0.25, 0.3) is 0 Å². The van der Waals surface area contributed by atoms with E-state index in [1.807, 2.05) is 0 Å². The Kier molecular flexibility index (Phi) is 15.7. The third-order valence-corrected chi connectivity index (χ3v) is 3.98. The maximum absolute atomic E-state index is 9.63. The molecule has 0 fully saturated rings. The normalized spacial score (nSPS) is 10.6. The summed E-state index contributed by atoms with van der Waals surface area (Å²) in [5, 5.41) is 0. The number of phosphoric acid groups is 3. The summed E-state index contributed by atoms with van der Waals surface area (Å²) in [6.07, 6.45) is 0. The van der Waals surface area contributed by atoms with Crippen LogP contribution in [0.1, 0.15) is 0 Å². The summed E-state index contributed by atoms with van der Waals surface area (Å²) in [4.78, 5) is 84.0. The third-order valence-electron chi connectivity index (χ3n) is 2.27. The molecule has 0 aromatic carbocycles. The number of hydrogen-bond acceptors (Lipinski definition) is 22. The fourth-order valence-corrected chi connectivity index (χ4v) is 2.53. The van der Waals surface area contributed by atoms with Crippen LogP contribution in [-0.4, -0.2) is 79.1 Å². The van der Waals surface area contributed by atoms with Gasteiger partial charge in [0, 0.05) is 0 Å². The zero-order valence-electron chi connectivity index (χ0n) is 19.8. The van der Waals surface area contributed by atoms with Gasteiger partial charge >= 0.3 is 23.5 Å². The summed E-state index contributed by atoms with van der Waals surface area (Å²) in [6.45, 7) is 0. The highest BCUT2D eigenvalue weighted by Crippen LogP contribution is 2.53. The number of nitrogen functional groups attached to an aromatic ring is 9. The average Bonchev–Trinajstić information content (AvgIpc) is 2.61. The van der Waals surface area contributed by atoms with Gasteiger partial charge in [-0.05, 0) is 0 Å². The summed E-state index contributed by atoms with van der Waals surface area (Å²) in [7, 11) is -14.7. The van der Waals surface area contributed by atoms with Gasteiger partial charge in [0.15, 0.2) is 0 Å². The lowest BCUT2D eigenvalue weighted by Gasteiger charge is -2.03. The van der Waals surface area contributed by atoms with Crippen molar-refractivity contribution < 1.29 is 52.3 Å². The highest BCUT2D eigenvalue weighted by atomic mass is 31.3. The molecule has 3 rings (SSSR count). The predicted molar refractivity (Wildman–Crippen MR) is 139 cm³/mol. The van der Waals surface area contributed by atoms with Crippen LogP contribution in [0.15, 0.2) is 0 Å². The van der Waals surface area contributed by atoms with Gasteiger partial charge in [-0.25, -0.2) is 13.7 Å². The van der Waals surface area contributed by atoms with E-state index < -0.39 is 23.5 Å². The minimum Gasteiger partial charge on any atom is -0.368 e. The molecule has 3 heterocycles. The van der Waals surface area contributed by atoms with Crippen LogP contribution in [0.2, 0.25) is 0 Å². The van der Waals surface area contributed by atoms with Crippen molar-refractivity contribution in [2.75, 3.05) is 51.6 Å². The maximum Gasteiger partial charge on any atom is 0.478 e. The molecule has 25 N–H and O–H groups in total. The van der Waals surface area contributed by atoms with Crippen molar-refractivity contribution in [2.45, 2.75) is 0 Å². The first kappa shape index (κ1) is 38.7. The van der Waals surface area contributed by atoms with Gasteiger partial charge in [-0.2, -0.15) is 49.2 Å². The summed E-state index contributed by atoms with van der Waals surface area (Å²) < 4.78 is 31.1. The Hall–Kier alpha value is -4.40. The quantitative estimate of drug-likeness (QED) is 0.114. The van der Waals surface area contributed by atoms with Crippen LogP contribution in [0.5, 0.6) is 0 Å². The van der Waals surface area contributed by atoms with Gasteiger partial charge in [0.2, 0.25) is 53.5 Å². The Morgan fingerprint density at radius 2 is 0.463 bits per heavy atom. The first-order valence-electron chi connectivity index (χ1n) is 8.94. The minimum atomic E-state index is -5.05.